The third kappa shape index (κ3) is 3.21. The average Bonchev–Trinajstić information content (AvgIpc) is 2.15. The number of rotatable bonds is 2. The first-order chi connectivity index (χ1) is 7.28. The summed E-state index contributed by atoms with van der Waals surface area (Å²) in [6.45, 7) is 7.89. The van der Waals surface area contributed by atoms with Gasteiger partial charge in [0.2, 0.25) is 0 Å². The van der Waals surface area contributed by atoms with Crippen LogP contribution in [0.4, 0.5) is 0 Å². The van der Waals surface area contributed by atoms with Crippen molar-refractivity contribution in [2.45, 2.75) is 64.5 Å². The average molecular weight is 227 g/mol. The molecule has 0 radical (unpaired) electrons. The second-order valence-electron chi connectivity index (χ2n) is 6.00. The van der Waals surface area contributed by atoms with Crippen LogP contribution >= 0.6 is 0 Å². The van der Waals surface area contributed by atoms with Gasteiger partial charge in [0.25, 0.3) is 0 Å². The van der Waals surface area contributed by atoms with Crippen LogP contribution in [-0.4, -0.2) is 24.2 Å². The van der Waals surface area contributed by atoms with Crippen LogP contribution in [0.15, 0.2) is 0 Å². The Morgan fingerprint density at radius 3 is 2.50 bits per heavy atom. The van der Waals surface area contributed by atoms with E-state index in [4.69, 9.17) is 4.74 Å². The molecule has 0 heterocycles. The number of ether oxygens (including phenoxy) is 1. The highest BCUT2D eigenvalue weighted by Gasteiger charge is 2.41. The van der Waals surface area contributed by atoms with Crippen LogP contribution in [0, 0.1) is 5.92 Å². The molecule has 16 heavy (non-hydrogen) atoms. The molecule has 0 aromatic carbocycles. The van der Waals surface area contributed by atoms with Gasteiger partial charge in [-0.25, -0.2) is 0 Å². The van der Waals surface area contributed by atoms with E-state index in [-0.39, 0.29) is 23.0 Å². The number of esters is 1. The minimum atomic E-state index is -0.386. The van der Waals surface area contributed by atoms with Gasteiger partial charge in [-0.05, 0) is 47.6 Å². The molecule has 0 spiro atoms. The molecule has 1 unspecified atom stereocenters. The molecular formula is C13H25NO2. The van der Waals surface area contributed by atoms with Gasteiger partial charge >= 0.3 is 5.97 Å². The standard InChI is InChI=1S/C13H25NO2/c1-12(2,3)16-11(15)10-8-6-7-9-13(10,4)14-5/h10,14H,6-9H2,1-5H3/t10?,13-/m1/s1. The van der Waals surface area contributed by atoms with E-state index in [0.717, 1.165) is 19.3 Å². The maximum absolute atomic E-state index is 12.1. The minimum Gasteiger partial charge on any atom is -0.460 e. The zero-order chi connectivity index (χ0) is 12.4. The van der Waals surface area contributed by atoms with Crippen molar-refractivity contribution in [1.82, 2.24) is 5.32 Å². The molecule has 2 atom stereocenters. The lowest BCUT2D eigenvalue weighted by atomic mass is 9.74. The summed E-state index contributed by atoms with van der Waals surface area (Å²) in [5.41, 5.74) is -0.482. The van der Waals surface area contributed by atoms with Gasteiger partial charge in [0.15, 0.2) is 0 Å². The summed E-state index contributed by atoms with van der Waals surface area (Å²) in [7, 11) is 1.93. The molecule has 0 saturated heterocycles. The monoisotopic (exact) mass is 227 g/mol. The molecule has 0 aromatic heterocycles. The molecule has 1 aliphatic carbocycles. The van der Waals surface area contributed by atoms with E-state index >= 15 is 0 Å². The Kier molecular flexibility index (Phi) is 4.00. The molecule has 1 aliphatic rings. The van der Waals surface area contributed by atoms with Crippen molar-refractivity contribution < 1.29 is 9.53 Å². The SMILES string of the molecule is CN[C@]1(C)CCCCC1C(=O)OC(C)(C)C. The lowest BCUT2D eigenvalue weighted by Crippen LogP contribution is -2.53. The van der Waals surface area contributed by atoms with Crippen LogP contribution in [0.3, 0.4) is 0 Å². The molecule has 0 aliphatic heterocycles. The summed E-state index contributed by atoms with van der Waals surface area (Å²) in [5, 5.41) is 3.30. The number of hydrogen-bond donors (Lipinski definition) is 1. The molecule has 0 bridgehead atoms. The summed E-state index contributed by atoms with van der Waals surface area (Å²) in [6.07, 6.45) is 4.30. The maximum Gasteiger partial charge on any atom is 0.311 e. The number of hydrogen-bond acceptors (Lipinski definition) is 3. The van der Waals surface area contributed by atoms with E-state index in [0.29, 0.717) is 0 Å². The number of nitrogens with one attached hydrogen (secondary N) is 1. The minimum absolute atomic E-state index is 0.00882. The van der Waals surface area contributed by atoms with E-state index in [1.807, 2.05) is 27.8 Å². The highest BCUT2D eigenvalue weighted by molar-refractivity contribution is 5.74. The van der Waals surface area contributed by atoms with E-state index in [2.05, 4.69) is 12.2 Å². The molecule has 1 saturated carbocycles. The molecule has 94 valence electrons. The van der Waals surface area contributed by atoms with Crippen LogP contribution in [0.5, 0.6) is 0 Å². The topological polar surface area (TPSA) is 38.3 Å². The molecule has 0 aromatic rings. The third-order valence-electron chi connectivity index (χ3n) is 3.47. The number of carbonyl (C=O) groups excluding carboxylic acids is 1. The van der Waals surface area contributed by atoms with Gasteiger partial charge in [-0.15, -0.1) is 0 Å². The van der Waals surface area contributed by atoms with Crippen molar-refractivity contribution in [2.24, 2.45) is 5.92 Å². The van der Waals surface area contributed by atoms with Crippen molar-refractivity contribution in [3.63, 3.8) is 0 Å². The quantitative estimate of drug-likeness (QED) is 0.737. The second-order valence-corrected chi connectivity index (χ2v) is 6.00. The van der Waals surface area contributed by atoms with Crippen molar-refractivity contribution in [2.75, 3.05) is 7.05 Å². The van der Waals surface area contributed by atoms with Crippen LogP contribution in [0.1, 0.15) is 53.4 Å². The van der Waals surface area contributed by atoms with Gasteiger partial charge in [0.1, 0.15) is 5.60 Å². The van der Waals surface area contributed by atoms with Crippen LogP contribution in [0.25, 0.3) is 0 Å². The van der Waals surface area contributed by atoms with Crippen LogP contribution in [-0.2, 0) is 9.53 Å². The van der Waals surface area contributed by atoms with Gasteiger partial charge in [-0.1, -0.05) is 12.8 Å². The Bertz CT molecular complexity index is 257. The van der Waals surface area contributed by atoms with E-state index in [9.17, 15) is 4.79 Å². The highest BCUT2D eigenvalue weighted by atomic mass is 16.6. The molecule has 1 N–H and O–H groups in total. The van der Waals surface area contributed by atoms with Gasteiger partial charge in [0, 0.05) is 5.54 Å². The number of carbonyl (C=O) groups is 1. The van der Waals surface area contributed by atoms with Crippen LogP contribution < -0.4 is 5.32 Å². The molecule has 3 heteroatoms. The summed E-state index contributed by atoms with van der Waals surface area (Å²) in [6, 6.07) is 0. The normalized spacial score (nSPS) is 31.2. The Morgan fingerprint density at radius 2 is 2.00 bits per heavy atom. The molecule has 0 amide bonds. The Balaban J connectivity index is 2.72. The highest BCUT2D eigenvalue weighted by Crippen LogP contribution is 2.34. The fraction of sp³-hybridized carbons (Fsp3) is 0.923. The predicted octanol–water partition coefficient (Wildman–Crippen LogP) is 2.50. The van der Waals surface area contributed by atoms with Crippen molar-refractivity contribution in [3.05, 3.63) is 0 Å². The molecular weight excluding hydrogens is 202 g/mol. The van der Waals surface area contributed by atoms with E-state index in [1.165, 1.54) is 6.42 Å². The largest absolute Gasteiger partial charge is 0.460 e. The van der Waals surface area contributed by atoms with Crippen LogP contribution in [0.2, 0.25) is 0 Å². The van der Waals surface area contributed by atoms with Gasteiger partial charge in [-0.3, -0.25) is 4.79 Å². The van der Waals surface area contributed by atoms with Crippen molar-refractivity contribution in [1.29, 1.82) is 0 Å². The second kappa shape index (κ2) is 4.74. The summed E-state index contributed by atoms with van der Waals surface area (Å²) in [4.78, 5) is 12.1. The lowest BCUT2D eigenvalue weighted by Gasteiger charge is -2.40. The third-order valence-corrected chi connectivity index (χ3v) is 3.47. The zero-order valence-electron chi connectivity index (χ0n) is 11.2. The smallest absolute Gasteiger partial charge is 0.311 e. The zero-order valence-corrected chi connectivity index (χ0v) is 11.2. The van der Waals surface area contributed by atoms with Crippen molar-refractivity contribution in [3.8, 4) is 0 Å². The molecule has 1 fully saturated rings. The first-order valence-corrected chi connectivity index (χ1v) is 6.20. The summed E-state index contributed by atoms with van der Waals surface area (Å²) >= 11 is 0. The van der Waals surface area contributed by atoms with Gasteiger partial charge < -0.3 is 10.1 Å². The van der Waals surface area contributed by atoms with E-state index in [1.54, 1.807) is 0 Å². The summed E-state index contributed by atoms with van der Waals surface area (Å²) in [5.74, 6) is -0.0606. The predicted molar refractivity (Wildman–Crippen MR) is 65.3 cm³/mol. The summed E-state index contributed by atoms with van der Waals surface area (Å²) < 4.78 is 5.50. The Morgan fingerprint density at radius 1 is 1.38 bits per heavy atom. The maximum atomic E-state index is 12.1. The molecule has 1 rings (SSSR count). The lowest BCUT2D eigenvalue weighted by molar-refractivity contribution is -0.164. The first-order valence-electron chi connectivity index (χ1n) is 6.20. The Hall–Kier alpha value is -0.570. The van der Waals surface area contributed by atoms with Crippen molar-refractivity contribution >= 4 is 5.97 Å². The molecule has 3 nitrogen and oxygen atoms in total. The van der Waals surface area contributed by atoms with Gasteiger partial charge in [0.05, 0.1) is 5.92 Å². The fourth-order valence-corrected chi connectivity index (χ4v) is 2.38. The van der Waals surface area contributed by atoms with E-state index < -0.39 is 0 Å². The van der Waals surface area contributed by atoms with Gasteiger partial charge in [-0.2, -0.15) is 0 Å². The first kappa shape index (κ1) is 13.5. The fourth-order valence-electron chi connectivity index (χ4n) is 2.38. The Labute approximate surface area is 98.9 Å².